The molecular weight excluding hydrogens is 244 g/mol. The molecule has 0 aromatic heterocycles. The summed E-state index contributed by atoms with van der Waals surface area (Å²) in [6.45, 7) is 0.440. The Morgan fingerprint density at radius 1 is 1.43 bits per heavy atom. The third-order valence-electron chi connectivity index (χ3n) is 2.76. The molecule has 76 valence electrons. The summed E-state index contributed by atoms with van der Waals surface area (Å²) in [5, 5.41) is 8.63. The summed E-state index contributed by atoms with van der Waals surface area (Å²) in [4.78, 5) is 0. The fourth-order valence-corrected chi connectivity index (χ4v) is 2.13. The smallest absolute Gasteiger partial charge is 0.143 e. The minimum atomic E-state index is -0.185. The van der Waals surface area contributed by atoms with Gasteiger partial charge in [-0.05, 0) is 30.5 Å². The number of ether oxygens (including phenoxy) is 1. The highest BCUT2D eigenvalue weighted by atomic mass is 79.9. The van der Waals surface area contributed by atoms with Gasteiger partial charge in [0.1, 0.15) is 6.79 Å². The lowest BCUT2D eigenvalue weighted by Crippen LogP contribution is -2.15. The van der Waals surface area contributed by atoms with Crippen molar-refractivity contribution < 1.29 is 9.84 Å². The van der Waals surface area contributed by atoms with Crippen LogP contribution in [-0.2, 0) is 10.2 Å². The van der Waals surface area contributed by atoms with Crippen LogP contribution in [0, 0.1) is 0 Å². The van der Waals surface area contributed by atoms with Crippen LogP contribution in [0.2, 0.25) is 0 Å². The number of aliphatic hydroxyl groups excluding tert-OH is 1. The molecule has 14 heavy (non-hydrogen) atoms. The van der Waals surface area contributed by atoms with Gasteiger partial charge < -0.3 is 9.84 Å². The van der Waals surface area contributed by atoms with Crippen LogP contribution in [0.25, 0.3) is 0 Å². The quantitative estimate of drug-likeness (QED) is 0.839. The van der Waals surface area contributed by atoms with Crippen molar-refractivity contribution in [3.8, 4) is 0 Å². The molecule has 0 aliphatic heterocycles. The Morgan fingerprint density at radius 2 is 2.21 bits per heavy atom. The van der Waals surface area contributed by atoms with Gasteiger partial charge in [0.15, 0.2) is 0 Å². The molecule has 0 spiro atoms. The molecule has 1 aromatic rings. The summed E-state index contributed by atoms with van der Waals surface area (Å²) in [5.41, 5.74) is 1.48. The Kier molecular flexibility index (Phi) is 2.91. The molecule has 0 bridgehead atoms. The van der Waals surface area contributed by atoms with Gasteiger partial charge in [-0.2, -0.15) is 0 Å². The molecule has 0 heterocycles. The predicted molar refractivity (Wildman–Crippen MR) is 58.1 cm³/mol. The molecule has 0 atom stereocenters. The van der Waals surface area contributed by atoms with Crippen molar-refractivity contribution in [1.82, 2.24) is 0 Å². The van der Waals surface area contributed by atoms with Crippen molar-refractivity contribution in [1.29, 1.82) is 0 Å². The molecule has 2 nitrogen and oxygen atoms in total. The van der Waals surface area contributed by atoms with Crippen molar-refractivity contribution in [2.45, 2.75) is 18.3 Å². The van der Waals surface area contributed by atoms with E-state index in [1.165, 1.54) is 5.56 Å². The molecule has 0 radical (unpaired) electrons. The zero-order valence-electron chi connectivity index (χ0n) is 7.87. The van der Waals surface area contributed by atoms with Crippen LogP contribution < -0.4 is 0 Å². The number of halogens is 1. The lowest BCUT2D eigenvalue weighted by molar-refractivity contribution is -0.0113. The molecule has 0 amide bonds. The summed E-state index contributed by atoms with van der Waals surface area (Å²) >= 11 is 3.46. The maximum atomic E-state index is 8.63. The summed E-state index contributed by atoms with van der Waals surface area (Å²) < 4.78 is 6.20. The normalized spacial score (nSPS) is 18.1. The van der Waals surface area contributed by atoms with E-state index in [2.05, 4.69) is 28.1 Å². The highest BCUT2D eigenvalue weighted by molar-refractivity contribution is 9.10. The van der Waals surface area contributed by atoms with E-state index in [0.717, 1.165) is 17.3 Å². The summed E-state index contributed by atoms with van der Waals surface area (Å²) in [6, 6.07) is 8.32. The van der Waals surface area contributed by atoms with Crippen LogP contribution in [0.5, 0.6) is 0 Å². The third-order valence-corrected chi connectivity index (χ3v) is 3.25. The molecule has 3 heteroatoms. The second-order valence-electron chi connectivity index (χ2n) is 3.77. The molecule has 0 saturated heterocycles. The molecule has 2 rings (SSSR count). The average Bonchev–Trinajstić information content (AvgIpc) is 2.96. The molecule has 1 N–H and O–H groups in total. The van der Waals surface area contributed by atoms with E-state index < -0.39 is 0 Å². The standard InChI is InChI=1S/C11H13BrO2/c12-10-3-1-2-9(6-10)11(4-5-11)7-14-8-13/h1-3,6,13H,4-5,7-8H2. The van der Waals surface area contributed by atoms with Gasteiger partial charge in [-0.15, -0.1) is 0 Å². The van der Waals surface area contributed by atoms with E-state index in [9.17, 15) is 0 Å². The zero-order valence-corrected chi connectivity index (χ0v) is 9.46. The SMILES string of the molecule is OCOCC1(c2cccc(Br)c2)CC1. The topological polar surface area (TPSA) is 29.5 Å². The van der Waals surface area contributed by atoms with Crippen LogP contribution >= 0.6 is 15.9 Å². The Morgan fingerprint density at radius 3 is 2.79 bits per heavy atom. The summed E-state index contributed by atoms with van der Waals surface area (Å²) in [5.74, 6) is 0. The van der Waals surface area contributed by atoms with Gasteiger partial charge in [0.25, 0.3) is 0 Å². The van der Waals surface area contributed by atoms with Crippen molar-refractivity contribution in [2.24, 2.45) is 0 Å². The minimum Gasteiger partial charge on any atom is -0.371 e. The highest BCUT2D eigenvalue weighted by Crippen LogP contribution is 2.48. The van der Waals surface area contributed by atoms with Crippen molar-refractivity contribution in [2.75, 3.05) is 13.4 Å². The van der Waals surface area contributed by atoms with E-state index in [-0.39, 0.29) is 12.2 Å². The molecule has 1 aromatic carbocycles. The van der Waals surface area contributed by atoms with Crippen molar-refractivity contribution >= 4 is 15.9 Å². The van der Waals surface area contributed by atoms with Crippen molar-refractivity contribution in [3.05, 3.63) is 34.3 Å². The van der Waals surface area contributed by atoms with Crippen molar-refractivity contribution in [3.63, 3.8) is 0 Å². The number of rotatable bonds is 4. The van der Waals surface area contributed by atoms with Gasteiger partial charge in [0, 0.05) is 9.89 Å². The molecule has 1 aliphatic rings. The zero-order chi connectivity index (χ0) is 10.0. The van der Waals surface area contributed by atoms with E-state index in [4.69, 9.17) is 9.84 Å². The van der Waals surface area contributed by atoms with Gasteiger partial charge in [0.05, 0.1) is 6.61 Å². The first-order valence-corrected chi connectivity index (χ1v) is 5.51. The highest BCUT2D eigenvalue weighted by Gasteiger charge is 2.44. The second-order valence-corrected chi connectivity index (χ2v) is 4.68. The monoisotopic (exact) mass is 256 g/mol. The average molecular weight is 257 g/mol. The van der Waals surface area contributed by atoms with E-state index >= 15 is 0 Å². The Labute approximate surface area is 92.0 Å². The molecule has 1 saturated carbocycles. The summed E-state index contributed by atoms with van der Waals surface area (Å²) in [7, 11) is 0. The first-order chi connectivity index (χ1) is 6.77. The van der Waals surface area contributed by atoms with Gasteiger partial charge in [0.2, 0.25) is 0 Å². The Hall–Kier alpha value is -0.380. The fraction of sp³-hybridized carbons (Fsp3) is 0.455. The largest absolute Gasteiger partial charge is 0.371 e. The molecule has 0 unspecified atom stereocenters. The van der Waals surface area contributed by atoms with Crippen LogP contribution in [0.3, 0.4) is 0 Å². The fourth-order valence-electron chi connectivity index (χ4n) is 1.73. The Bertz CT molecular complexity index is 321. The van der Waals surface area contributed by atoms with Gasteiger partial charge >= 0.3 is 0 Å². The maximum Gasteiger partial charge on any atom is 0.143 e. The van der Waals surface area contributed by atoms with Crippen LogP contribution in [-0.4, -0.2) is 18.5 Å². The molecule has 1 fully saturated rings. The lowest BCUT2D eigenvalue weighted by atomic mass is 9.97. The number of hydrogen-bond acceptors (Lipinski definition) is 2. The third kappa shape index (κ3) is 2.00. The minimum absolute atomic E-state index is 0.173. The van der Waals surface area contributed by atoms with Gasteiger partial charge in [-0.3, -0.25) is 0 Å². The van der Waals surface area contributed by atoms with Gasteiger partial charge in [-0.1, -0.05) is 28.1 Å². The number of hydrogen-bond donors (Lipinski definition) is 1. The van der Waals surface area contributed by atoms with E-state index in [1.807, 2.05) is 12.1 Å². The molecule has 1 aliphatic carbocycles. The van der Waals surface area contributed by atoms with Crippen LogP contribution in [0.15, 0.2) is 28.7 Å². The predicted octanol–water partition coefficient (Wildman–Crippen LogP) is 2.45. The second kappa shape index (κ2) is 4.01. The molecular formula is C11H13BrO2. The maximum absolute atomic E-state index is 8.63. The van der Waals surface area contributed by atoms with Gasteiger partial charge in [-0.25, -0.2) is 0 Å². The Balaban J connectivity index is 2.14. The first-order valence-electron chi connectivity index (χ1n) is 4.71. The van der Waals surface area contributed by atoms with E-state index in [1.54, 1.807) is 0 Å². The first kappa shape index (κ1) is 10.1. The lowest BCUT2D eigenvalue weighted by Gasteiger charge is -2.15. The van der Waals surface area contributed by atoms with Crippen LogP contribution in [0.4, 0.5) is 0 Å². The number of aliphatic hydroxyl groups is 1. The number of benzene rings is 1. The van der Waals surface area contributed by atoms with E-state index in [0.29, 0.717) is 6.61 Å². The summed E-state index contributed by atoms with van der Waals surface area (Å²) in [6.07, 6.45) is 2.31. The van der Waals surface area contributed by atoms with Crippen LogP contribution in [0.1, 0.15) is 18.4 Å².